The first-order valence-electron chi connectivity index (χ1n) is 7.56. The van der Waals surface area contributed by atoms with Crippen LogP contribution in [-0.4, -0.2) is 29.1 Å². The summed E-state index contributed by atoms with van der Waals surface area (Å²) in [5, 5.41) is 16.0. The summed E-state index contributed by atoms with van der Waals surface area (Å²) in [5.41, 5.74) is -0.398. The molecule has 0 unspecified atom stereocenters. The Morgan fingerprint density at radius 2 is 1.64 bits per heavy atom. The van der Waals surface area contributed by atoms with Gasteiger partial charge in [0.05, 0.1) is 5.60 Å². The van der Waals surface area contributed by atoms with Crippen LogP contribution in [0.15, 0.2) is 24.3 Å². The molecule has 1 aromatic carbocycles. The summed E-state index contributed by atoms with van der Waals surface area (Å²) in [4.78, 5) is 23.6. The van der Waals surface area contributed by atoms with Crippen molar-refractivity contribution in [2.75, 3.05) is 11.9 Å². The number of hydrogen-bond donors (Lipinski definition) is 3. The molecule has 120 valence electrons. The first-order valence-corrected chi connectivity index (χ1v) is 7.93. The monoisotopic (exact) mass is 324 g/mol. The second kappa shape index (κ2) is 7.61. The van der Waals surface area contributed by atoms with Gasteiger partial charge in [-0.05, 0) is 37.1 Å². The third-order valence-corrected chi connectivity index (χ3v) is 4.17. The standard InChI is InChI=1S/C16H21ClN2O3/c17-12-5-7-13(8-6-12)19-15(21)14(20)18-11-16(22)9-3-1-2-4-10-16/h5-8,22H,1-4,9-11H2,(H,18,20)(H,19,21). The van der Waals surface area contributed by atoms with Gasteiger partial charge < -0.3 is 15.7 Å². The first kappa shape index (κ1) is 16.8. The van der Waals surface area contributed by atoms with E-state index in [1.165, 1.54) is 0 Å². The third-order valence-electron chi connectivity index (χ3n) is 3.92. The summed E-state index contributed by atoms with van der Waals surface area (Å²) in [6, 6.07) is 6.49. The molecule has 0 heterocycles. The van der Waals surface area contributed by atoms with Crippen LogP contribution in [0.25, 0.3) is 0 Å². The number of carbonyl (C=O) groups is 2. The fourth-order valence-electron chi connectivity index (χ4n) is 2.61. The van der Waals surface area contributed by atoms with Crippen molar-refractivity contribution in [2.24, 2.45) is 0 Å². The molecule has 1 aliphatic rings. The van der Waals surface area contributed by atoms with E-state index < -0.39 is 17.4 Å². The molecule has 0 aromatic heterocycles. The molecule has 3 N–H and O–H groups in total. The van der Waals surface area contributed by atoms with E-state index in [-0.39, 0.29) is 6.54 Å². The average Bonchev–Trinajstić information content (AvgIpc) is 2.72. The van der Waals surface area contributed by atoms with Crippen LogP contribution in [0.5, 0.6) is 0 Å². The van der Waals surface area contributed by atoms with Gasteiger partial charge in [-0.3, -0.25) is 9.59 Å². The summed E-state index contributed by atoms with van der Waals surface area (Å²) in [6.45, 7) is 0.111. The van der Waals surface area contributed by atoms with Crippen molar-refractivity contribution in [1.82, 2.24) is 5.32 Å². The van der Waals surface area contributed by atoms with Crippen LogP contribution in [0.4, 0.5) is 5.69 Å². The number of amides is 2. The highest BCUT2D eigenvalue weighted by Gasteiger charge is 2.29. The Balaban J connectivity index is 1.83. The zero-order valence-electron chi connectivity index (χ0n) is 12.4. The summed E-state index contributed by atoms with van der Waals surface area (Å²) < 4.78 is 0. The lowest BCUT2D eigenvalue weighted by molar-refractivity contribution is -0.136. The molecular formula is C16H21ClN2O3. The SMILES string of the molecule is O=C(NCC1(O)CCCCCC1)C(=O)Nc1ccc(Cl)cc1. The molecule has 2 amide bonds. The van der Waals surface area contributed by atoms with Gasteiger partial charge in [-0.2, -0.15) is 0 Å². The quantitative estimate of drug-likeness (QED) is 0.590. The molecular weight excluding hydrogens is 304 g/mol. The van der Waals surface area contributed by atoms with E-state index >= 15 is 0 Å². The van der Waals surface area contributed by atoms with Crippen molar-refractivity contribution < 1.29 is 14.7 Å². The molecule has 0 bridgehead atoms. The normalized spacial score (nSPS) is 17.4. The molecule has 0 atom stereocenters. The minimum absolute atomic E-state index is 0.111. The molecule has 0 spiro atoms. The van der Waals surface area contributed by atoms with Gasteiger partial charge in [0.2, 0.25) is 0 Å². The summed E-state index contributed by atoms with van der Waals surface area (Å²) >= 11 is 5.76. The van der Waals surface area contributed by atoms with Crippen molar-refractivity contribution in [1.29, 1.82) is 0 Å². The Morgan fingerprint density at radius 3 is 2.23 bits per heavy atom. The van der Waals surface area contributed by atoms with Gasteiger partial charge in [0.1, 0.15) is 0 Å². The van der Waals surface area contributed by atoms with Gasteiger partial charge in [0.15, 0.2) is 0 Å². The van der Waals surface area contributed by atoms with Crippen molar-refractivity contribution >= 4 is 29.1 Å². The topological polar surface area (TPSA) is 78.4 Å². The zero-order valence-corrected chi connectivity index (χ0v) is 13.2. The molecule has 0 aliphatic heterocycles. The summed E-state index contributed by atoms with van der Waals surface area (Å²) in [7, 11) is 0. The van der Waals surface area contributed by atoms with E-state index in [2.05, 4.69) is 10.6 Å². The van der Waals surface area contributed by atoms with Gasteiger partial charge in [-0.25, -0.2) is 0 Å². The predicted octanol–water partition coefficient (Wildman–Crippen LogP) is 2.48. The van der Waals surface area contributed by atoms with E-state index in [9.17, 15) is 14.7 Å². The van der Waals surface area contributed by atoms with Gasteiger partial charge in [-0.15, -0.1) is 0 Å². The highest BCUT2D eigenvalue weighted by atomic mass is 35.5. The van der Waals surface area contributed by atoms with E-state index in [1.807, 2.05) is 0 Å². The van der Waals surface area contributed by atoms with Crippen LogP contribution < -0.4 is 10.6 Å². The van der Waals surface area contributed by atoms with Crippen LogP contribution in [-0.2, 0) is 9.59 Å². The highest BCUT2D eigenvalue weighted by molar-refractivity contribution is 6.39. The van der Waals surface area contributed by atoms with Crippen molar-refractivity contribution in [3.05, 3.63) is 29.3 Å². The highest BCUT2D eigenvalue weighted by Crippen LogP contribution is 2.26. The van der Waals surface area contributed by atoms with Gasteiger partial charge in [-0.1, -0.05) is 37.3 Å². The fraction of sp³-hybridized carbons (Fsp3) is 0.500. The van der Waals surface area contributed by atoms with Crippen molar-refractivity contribution in [2.45, 2.75) is 44.1 Å². The second-order valence-electron chi connectivity index (χ2n) is 5.78. The molecule has 1 saturated carbocycles. The number of rotatable bonds is 3. The van der Waals surface area contributed by atoms with Gasteiger partial charge in [0, 0.05) is 17.3 Å². The van der Waals surface area contributed by atoms with Crippen LogP contribution in [0.1, 0.15) is 38.5 Å². The lowest BCUT2D eigenvalue weighted by Gasteiger charge is -2.26. The Hall–Kier alpha value is -1.59. The summed E-state index contributed by atoms with van der Waals surface area (Å²) in [6.07, 6.45) is 5.42. The smallest absolute Gasteiger partial charge is 0.313 e. The number of carbonyl (C=O) groups excluding carboxylic acids is 2. The lowest BCUT2D eigenvalue weighted by atomic mass is 9.94. The van der Waals surface area contributed by atoms with Crippen LogP contribution in [0.3, 0.4) is 0 Å². The van der Waals surface area contributed by atoms with Crippen molar-refractivity contribution in [3.8, 4) is 0 Å². The molecule has 22 heavy (non-hydrogen) atoms. The number of nitrogens with one attached hydrogen (secondary N) is 2. The van der Waals surface area contributed by atoms with Gasteiger partial charge >= 0.3 is 11.8 Å². The number of anilines is 1. The maximum atomic E-state index is 11.8. The first-order chi connectivity index (χ1) is 10.5. The van der Waals surface area contributed by atoms with E-state index in [0.717, 1.165) is 25.7 Å². The number of hydrogen-bond acceptors (Lipinski definition) is 3. The Labute approximate surface area is 135 Å². The molecule has 5 nitrogen and oxygen atoms in total. The molecule has 0 radical (unpaired) electrons. The maximum absolute atomic E-state index is 11.8. The number of halogens is 1. The van der Waals surface area contributed by atoms with Crippen LogP contribution in [0.2, 0.25) is 5.02 Å². The van der Waals surface area contributed by atoms with Crippen LogP contribution in [0, 0.1) is 0 Å². The number of aliphatic hydroxyl groups is 1. The Kier molecular flexibility index (Phi) is 5.80. The molecule has 6 heteroatoms. The molecule has 2 rings (SSSR count). The maximum Gasteiger partial charge on any atom is 0.313 e. The van der Waals surface area contributed by atoms with Gasteiger partial charge in [0.25, 0.3) is 0 Å². The minimum atomic E-state index is -0.896. The molecule has 1 fully saturated rings. The molecule has 1 aromatic rings. The fourth-order valence-corrected chi connectivity index (χ4v) is 2.74. The molecule has 1 aliphatic carbocycles. The Morgan fingerprint density at radius 1 is 1.05 bits per heavy atom. The zero-order chi connectivity index (χ0) is 16.0. The third kappa shape index (κ3) is 5.00. The molecule has 0 saturated heterocycles. The largest absolute Gasteiger partial charge is 0.388 e. The predicted molar refractivity (Wildman–Crippen MR) is 85.7 cm³/mol. The van der Waals surface area contributed by atoms with Crippen LogP contribution >= 0.6 is 11.6 Å². The summed E-state index contributed by atoms with van der Waals surface area (Å²) in [5.74, 6) is -1.49. The minimum Gasteiger partial charge on any atom is -0.388 e. The second-order valence-corrected chi connectivity index (χ2v) is 6.22. The van der Waals surface area contributed by atoms with Crippen molar-refractivity contribution in [3.63, 3.8) is 0 Å². The Bertz CT molecular complexity index is 523. The number of benzene rings is 1. The average molecular weight is 325 g/mol. The van der Waals surface area contributed by atoms with E-state index in [1.54, 1.807) is 24.3 Å². The van der Waals surface area contributed by atoms with E-state index in [0.29, 0.717) is 23.6 Å². The van der Waals surface area contributed by atoms with E-state index in [4.69, 9.17) is 11.6 Å². The lowest BCUT2D eigenvalue weighted by Crippen LogP contribution is -2.46.